The third-order valence-electron chi connectivity index (χ3n) is 9.70. The van der Waals surface area contributed by atoms with Gasteiger partial charge >= 0.3 is 0 Å². The van der Waals surface area contributed by atoms with Gasteiger partial charge in [0.25, 0.3) is 17.7 Å². The van der Waals surface area contributed by atoms with Gasteiger partial charge < -0.3 is 40.6 Å². The van der Waals surface area contributed by atoms with Gasteiger partial charge in [-0.2, -0.15) is 5.10 Å². The maximum absolute atomic E-state index is 12.6. The molecule has 0 aliphatic carbocycles. The normalized spacial score (nSPS) is 11.1. The Morgan fingerprint density at radius 3 is 1.40 bits per heavy atom. The molecule has 5 aromatic rings. The summed E-state index contributed by atoms with van der Waals surface area (Å²) in [7, 11) is 6.17. The molecule has 6 N–H and O–H groups in total. The van der Waals surface area contributed by atoms with E-state index in [0.29, 0.717) is 64.2 Å². The monoisotopic (exact) mass is 778 g/mol. The fourth-order valence-electron chi connectivity index (χ4n) is 5.87. The Kier molecular flexibility index (Phi) is 14.5. The lowest BCUT2D eigenvalue weighted by Crippen LogP contribution is -2.37. The molecule has 0 aliphatic rings. The van der Waals surface area contributed by atoms with E-state index in [1.165, 1.54) is 14.2 Å². The highest BCUT2D eigenvalue weighted by molar-refractivity contribution is 6.05. The van der Waals surface area contributed by atoms with E-state index < -0.39 is 0 Å². The van der Waals surface area contributed by atoms with E-state index in [4.69, 9.17) is 24.7 Å². The summed E-state index contributed by atoms with van der Waals surface area (Å²) in [5, 5.41) is 15.7. The number of H-pyrrole nitrogens is 1. The highest BCUT2D eigenvalue weighted by Crippen LogP contribution is 2.30. The molecule has 0 saturated carbocycles. The Labute approximate surface area is 334 Å². The van der Waals surface area contributed by atoms with Crippen LogP contribution in [-0.4, -0.2) is 69.4 Å². The smallest absolute Gasteiger partial charge is 0.255 e. The minimum atomic E-state index is -0.312. The number of nitrogens with one attached hydrogen (secondary N) is 4. The van der Waals surface area contributed by atoms with Gasteiger partial charge in [0.15, 0.2) is 23.0 Å². The zero-order valence-electron chi connectivity index (χ0n) is 34.4. The summed E-state index contributed by atoms with van der Waals surface area (Å²) in [6, 6.07) is 25.4. The van der Waals surface area contributed by atoms with Crippen LogP contribution in [0.2, 0.25) is 0 Å². The van der Waals surface area contributed by atoms with E-state index in [-0.39, 0.29) is 28.6 Å². The van der Waals surface area contributed by atoms with Crippen LogP contribution in [0.5, 0.6) is 23.0 Å². The van der Waals surface area contributed by atoms with Crippen molar-refractivity contribution in [1.82, 2.24) is 15.5 Å². The maximum atomic E-state index is 12.6. The van der Waals surface area contributed by atoms with Crippen molar-refractivity contribution in [2.45, 2.75) is 52.4 Å². The third-order valence-corrected chi connectivity index (χ3v) is 9.70. The van der Waals surface area contributed by atoms with E-state index in [2.05, 4.69) is 53.8 Å². The number of aryl methyl sites for hydroxylation is 2. The maximum Gasteiger partial charge on any atom is 0.255 e. The van der Waals surface area contributed by atoms with Crippen LogP contribution in [0.4, 0.5) is 11.4 Å². The van der Waals surface area contributed by atoms with Crippen LogP contribution < -0.4 is 40.6 Å². The second-order valence-electron chi connectivity index (χ2n) is 14.7. The van der Waals surface area contributed by atoms with Crippen molar-refractivity contribution in [3.05, 3.63) is 124 Å². The van der Waals surface area contributed by atoms with Gasteiger partial charge in [0.2, 0.25) is 0 Å². The predicted molar refractivity (Wildman–Crippen MR) is 223 cm³/mol. The third kappa shape index (κ3) is 10.9. The largest absolute Gasteiger partial charge is 0.493 e. The lowest BCUT2D eigenvalue weighted by molar-refractivity contribution is 0.0943. The number of nitrogens with two attached hydrogens (primary N) is 1. The zero-order valence-corrected chi connectivity index (χ0v) is 34.4. The van der Waals surface area contributed by atoms with Gasteiger partial charge in [0.05, 0.1) is 39.7 Å². The standard InChI is InChI=1S/C25H30N4O4.C19H24N2O3/c1-15-22(16(2)29-28-15)24(31)26-14-25(3,4)18-8-10-19(11-9-18)27-23(30)17-7-12-20(32-5)21(13-17)33-6;1-19(2,12-20)14-6-8-15(9-7-14)21-18(22)13-5-10-16(23-3)17(11-13)24-4/h7-13H,14H2,1-6H3,(H,26,31)(H,27,30)(H,28,29);5-11H,12,20H2,1-4H3,(H,21,22). The molecule has 0 bridgehead atoms. The minimum Gasteiger partial charge on any atom is -0.493 e. The molecule has 0 radical (unpaired) electrons. The summed E-state index contributed by atoms with van der Waals surface area (Å²) < 4.78 is 20.9. The summed E-state index contributed by atoms with van der Waals surface area (Å²) >= 11 is 0. The van der Waals surface area contributed by atoms with E-state index in [0.717, 1.165) is 22.5 Å². The molecular weight excluding hydrogens is 725 g/mol. The highest BCUT2D eigenvalue weighted by atomic mass is 16.5. The molecule has 13 nitrogen and oxygen atoms in total. The molecule has 5 rings (SSSR count). The van der Waals surface area contributed by atoms with Gasteiger partial charge in [-0.15, -0.1) is 0 Å². The van der Waals surface area contributed by atoms with Crippen molar-refractivity contribution >= 4 is 29.1 Å². The number of amides is 3. The number of carbonyl (C=O) groups excluding carboxylic acids is 3. The number of aromatic nitrogens is 2. The molecule has 1 heterocycles. The quantitative estimate of drug-likeness (QED) is 0.0780. The number of anilines is 2. The Bertz CT molecular complexity index is 2140. The van der Waals surface area contributed by atoms with Gasteiger partial charge in [-0.3, -0.25) is 19.5 Å². The second-order valence-corrected chi connectivity index (χ2v) is 14.7. The molecule has 3 amide bonds. The molecule has 4 aromatic carbocycles. The Balaban J connectivity index is 0.000000266. The molecule has 57 heavy (non-hydrogen) atoms. The van der Waals surface area contributed by atoms with Crippen LogP contribution in [0.25, 0.3) is 0 Å². The number of hydrogen-bond acceptors (Lipinski definition) is 9. The first kappa shape index (κ1) is 43.4. The molecule has 0 saturated heterocycles. The van der Waals surface area contributed by atoms with Crippen LogP contribution >= 0.6 is 0 Å². The number of hydrogen-bond donors (Lipinski definition) is 5. The van der Waals surface area contributed by atoms with E-state index >= 15 is 0 Å². The first-order chi connectivity index (χ1) is 27.1. The van der Waals surface area contributed by atoms with E-state index in [1.54, 1.807) is 57.5 Å². The zero-order chi connectivity index (χ0) is 41.9. The Morgan fingerprint density at radius 1 is 0.614 bits per heavy atom. The molecule has 1 aromatic heterocycles. The molecule has 0 spiro atoms. The van der Waals surface area contributed by atoms with Crippen molar-refractivity contribution in [2.75, 3.05) is 52.2 Å². The second kappa shape index (κ2) is 19.0. The fourth-order valence-corrected chi connectivity index (χ4v) is 5.87. The molecule has 0 aliphatic heterocycles. The number of ether oxygens (including phenoxy) is 4. The molecule has 0 unspecified atom stereocenters. The summed E-state index contributed by atoms with van der Waals surface area (Å²) in [6.07, 6.45) is 0. The number of nitrogens with zero attached hydrogens (tertiary/aromatic N) is 1. The van der Waals surface area contributed by atoms with E-state index in [9.17, 15) is 14.4 Å². The number of methoxy groups -OCH3 is 4. The lowest BCUT2D eigenvalue weighted by atomic mass is 9.84. The summed E-state index contributed by atoms with van der Waals surface area (Å²) in [5.41, 5.74) is 11.9. The van der Waals surface area contributed by atoms with Crippen LogP contribution in [0, 0.1) is 13.8 Å². The molecule has 13 heteroatoms. The average molecular weight is 779 g/mol. The molecular formula is C44H54N6O7. The Hall–Kier alpha value is -6.34. The molecule has 0 atom stereocenters. The first-order valence-electron chi connectivity index (χ1n) is 18.3. The Morgan fingerprint density at radius 2 is 1.04 bits per heavy atom. The summed E-state index contributed by atoms with van der Waals surface area (Å²) in [5.74, 6) is 1.55. The van der Waals surface area contributed by atoms with Crippen LogP contribution in [0.3, 0.4) is 0 Å². The van der Waals surface area contributed by atoms with Gasteiger partial charge in [-0.05, 0) is 85.6 Å². The van der Waals surface area contributed by atoms with Crippen molar-refractivity contribution in [2.24, 2.45) is 5.73 Å². The fraction of sp³-hybridized carbons (Fsp3) is 0.318. The molecule has 302 valence electrons. The highest BCUT2D eigenvalue weighted by Gasteiger charge is 2.24. The number of benzene rings is 4. The number of carbonyl (C=O) groups is 3. The first-order valence-corrected chi connectivity index (χ1v) is 18.3. The summed E-state index contributed by atoms with van der Waals surface area (Å²) in [6.45, 7) is 12.9. The van der Waals surface area contributed by atoms with Crippen molar-refractivity contribution in [1.29, 1.82) is 0 Å². The number of aromatic amines is 1. The van der Waals surface area contributed by atoms with Gasteiger partial charge in [-0.25, -0.2) is 0 Å². The van der Waals surface area contributed by atoms with Gasteiger partial charge in [0.1, 0.15) is 0 Å². The van der Waals surface area contributed by atoms with Crippen LogP contribution in [-0.2, 0) is 10.8 Å². The predicted octanol–water partition coefficient (Wildman–Crippen LogP) is 7.20. The van der Waals surface area contributed by atoms with Crippen molar-refractivity contribution in [3.8, 4) is 23.0 Å². The van der Waals surface area contributed by atoms with Gasteiger partial charge in [-0.1, -0.05) is 52.0 Å². The van der Waals surface area contributed by atoms with Crippen molar-refractivity contribution in [3.63, 3.8) is 0 Å². The van der Waals surface area contributed by atoms with Crippen LogP contribution in [0.1, 0.15) is 81.3 Å². The van der Waals surface area contributed by atoms with Crippen molar-refractivity contribution < 1.29 is 33.3 Å². The molecule has 0 fully saturated rings. The summed E-state index contributed by atoms with van der Waals surface area (Å²) in [4.78, 5) is 37.6. The van der Waals surface area contributed by atoms with Gasteiger partial charge in [0, 0.05) is 52.1 Å². The average Bonchev–Trinajstić information content (AvgIpc) is 3.56. The lowest BCUT2D eigenvalue weighted by Gasteiger charge is -2.26. The van der Waals surface area contributed by atoms with Crippen LogP contribution in [0.15, 0.2) is 84.9 Å². The number of rotatable bonds is 14. The topological polar surface area (TPSA) is 179 Å². The SMILES string of the molecule is COc1ccc(C(=O)Nc2ccc(C(C)(C)CN)cc2)cc1OC.COc1ccc(C(=O)Nc2ccc(C(C)(C)CNC(=O)c3c(C)n[nH]c3C)cc2)cc1OC. The van der Waals surface area contributed by atoms with E-state index in [1.807, 2.05) is 55.5 Å². The minimum absolute atomic E-state index is 0.0914.